The van der Waals surface area contributed by atoms with E-state index in [-0.39, 0.29) is 30.5 Å². The smallest absolute Gasteiger partial charge is 0.195 e. The molecular formula is C91H60O4. The van der Waals surface area contributed by atoms with E-state index >= 15 is 0 Å². The second kappa shape index (κ2) is 29.2. The monoisotopic (exact) mass is 1220 g/mol. The second-order valence-electron chi connectivity index (χ2n) is 22.3. The molecule has 0 aliphatic heterocycles. The van der Waals surface area contributed by atoms with Crippen molar-refractivity contribution < 1.29 is 19.8 Å². The van der Waals surface area contributed by atoms with E-state index < -0.39 is 0 Å². The van der Waals surface area contributed by atoms with Crippen LogP contribution in [-0.4, -0.2) is 21.8 Å². The van der Waals surface area contributed by atoms with Gasteiger partial charge < -0.3 is 10.2 Å². The number of phenols is 2. The highest BCUT2D eigenvalue weighted by atomic mass is 16.3. The minimum Gasteiger partial charge on any atom is -0.508 e. The van der Waals surface area contributed by atoms with Gasteiger partial charge in [-0.2, -0.15) is 0 Å². The summed E-state index contributed by atoms with van der Waals surface area (Å²) in [6.07, 6.45) is 0. The molecule has 448 valence electrons. The Bertz CT molecular complexity index is 4840. The predicted molar refractivity (Wildman–Crippen MR) is 389 cm³/mol. The third-order valence-corrected chi connectivity index (χ3v) is 16.0. The summed E-state index contributed by atoms with van der Waals surface area (Å²) >= 11 is 0. The van der Waals surface area contributed by atoms with Crippen LogP contribution in [0.25, 0.3) is 44.6 Å². The van der Waals surface area contributed by atoms with Gasteiger partial charge in [0, 0.05) is 89.1 Å². The molecule has 0 spiro atoms. The van der Waals surface area contributed by atoms with Crippen LogP contribution in [0.5, 0.6) is 11.5 Å². The van der Waals surface area contributed by atoms with Crippen LogP contribution in [0, 0.1) is 47.4 Å². The lowest BCUT2D eigenvalue weighted by Gasteiger charge is -2.14. The van der Waals surface area contributed by atoms with Crippen LogP contribution in [0.2, 0.25) is 0 Å². The van der Waals surface area contributed by atoms with Gasteiger partial charge in [-0.05, 0) is 166 Å². The molecule has 95 heavy (non-hydrogen) atoms. The third-order valence-electron chi connectivity index (χ3n) is 16.0. The molecule has 12 aromatic carbocycles. The maximum atomic E-state index is 14.7. The molecule has 0 aromatic heterocycles. The summed E-state index contributed by atoms with van der Waals surface area (Å²) in [5.74, 6) is 26.0. The Balaban J connectivity index is 0.000000180. The first-order chi connectivity index (χ1) is 46.3. The van der Waals surface area contributed by atoms with Gasteiger partial charge in [-0.25, -0.2) is 0 Å². The van der Waals surface area contributed by atoms with Crippen molar-refractivity contribution in [3.63, 3.8) is 0 Å². The number of allylic oxidation sites excluding steroid dienone is 8. The Morgan fingerprint density at radius 3 is 0.516 bits per heavy atom. The number of rotatable bonds is 8. The van der Waals surface area contributed by atoms with Gasteiger partial charge in [0.2, 0.25) is 0 Å². The highest BCUT2D eigenvalue weighted by Crippen LogP contribution is 2.51. The van der Waals surface area contributed by atoms with Crippen LogP contribution < -0.4 is 0 Å². The summed E-state index contributed by atoms with van der Waals surface area (Å²) in [6.45, 7) is 0. The zero-order valence-corrected chi connectivity index (χ0v) is 50.9. The standard InChI is InChI=1S/2C45H28O2.CH4/c2*46-40-30-28-37(29-31-40)42-41(36-14-8-3-9-15-36)43(38-24-20-34(21-25-38)18-16-32-10-4-1-5-11-32)45(47)44(42)39-26-22-35(23-27-39)19-17-33-12-6-2-7-13-33;/h2*1-15,20-31,46H;1H4. The summed E-state index contributed by atoms with van der Waals surface area (Å²) in [5.41, 5.74) is 19.9. The van der Waals surface area contributed by atoms with Crippen LogP contribution in [-0.2, 0) is 9.59 Å². The molecule has 0 fully saturated rings. The van der Waals surface area contributed by atoms with E-state index in [0.29, 0.717) is 22.3 Å². The number of carbonyl (C=O) groups excluding carboxylic acids is 2. The second-order valence-corrected chi connectivity index (χ2v) is 22.3. The van der Waals surface area contributed by atoms with Gasteiger partial charge >= 0.3 is 0 Å². The Kier molecular flexibility index (Phi) is 19.0. The minimum atomic E-state index is -0.0573. The first-order valence-electron chi connectivity index (χ1n) is 30.7. The van der Waals surface area contributed by atoms with E-state index in [1.54, 1.807) is 24.3 Å². The van der Waals surface area contributed by atoms with Gasteiger partial charge in [0.1, 0.15) is 11.5 Å². The zero-order valence-electron chi connectivity index (χ0n) is 50.9. The fraction of sp³-hybridized carbons (Fsp3) is 0.0110. The van der Waals surface area contributed by atoms with E-state index in [2.05, 4.69) is 47.4 Å². The van der Waals surface area contributed by atoms with Crippen molar-refractivity contribution in [2.45, 2.75) is 7.43 Å². The molecule has 12 aromatic rings. The topological polar surface area (TPSA) is 74.6 Å². The predicted octanol–water partition coefficient (Wildman–Crippen LogP) is 19.2. The average Bonchev–Trinajstić information content (AvgIpc) is 1.60. The maximum Gasteiger partial charge on any atom is 0.195 e. The average molecular weight is 1220 g/mol. The van der Waals surface area contributed by atoms with Gasteiger partial charge in [0.25, 0.3) is 0 Å². The molecule has 0 saturated carbocycles. The van der Waals surface area contributed by atoms with Crippen molar-refractivity contribution in [2.24, 2.45) is 0 Å². The largest absolute Gasteiger partial charge is 0.508 e. The molecule has 0 amide bonds. The van der Waals surface area contributed by atoms with E-state index in [1.165, 1.54) is 0 Å². The molecule has 0 atom stereocenters. The van der Waals surface area contributed by atoms with E-state index in [9.17, 15) is 19.8 Å². The maximum absolute atomic E-state index is 14.7. The Morgan fingerprint density at radius 2 is 0.316 bits per heavy atom. The molecule has 2 N–H and O–H groups in total. The van der Waals surface area contributed by atoms with Crippen molar-refractivity contribution in [1.29, 1.82) is 0 Å². The molecular weight excluding hydrogens is 1160 g/mol. The van der Waals surface area contributed by atoms with Crippen molar-refractivity contribution in [3.05, 3.63) is 417 Å². The molecule has 4 nitrogen and oxygen atoms in total. The summed E-state index contributed by atoms with van der Waals surface area (Å²) in [5, 5.41) is 20.3. The minimum absolute atomic E-state index is 0. The zero-order chi connectivity index (χ0) is 64.0. The Morgan fingerprint density at radius 1 is 0.168 bits per heavy atom. The van der Waals surface area contributed by atoms with Crippen LogP contribution in [0.1, 0.15) is 96.4 Å². The third kappa shape index (κ3) is 14.4. The number of hydrogen-bond acceptors (Lipinski definition) is 4. The quantitative estimate of drug-likeness (QED) is 0.149. The van der Waals surface area contributed by atoms with Crippen LogP contribution in [0.15, 0.2) is 328 Å². The van der Waals surface area contributed by atoms with Crippen molar-refractivity contribution >= 4 is 56.2 Å². The molecule has 0 saturated heterocycles. The number of aromatic hydroxyl groups is 2. The highest BCUT2D eigenvalue weighted by molar-refractivity contribution is 6.60. The van der Waals surface area contributed by atoms with Crippen LogP contribution in [0.4, 0.5) is 0 Å². The van der Waals surface area contributed by atoms with E-state index in [4.69, 9.17) is 0 Å². The summed E-state index contributed by atoms with van der Waals surface area (Å²) in [7, 11) is 0. The van der Waals surface area contributed by atoms with Crippen molar-refractivity contribution in [3.8, 4) is 58.9 Å². The lowest BCUT2D eigenvalue weighted by molar-refractivity contribution is -0.109. The van der Waals surface area contributed by atoms with Crippen LogP contribution >= 0.6 is 0 Å². The van der Waals surface area contributed by atoms with Crippen molar-refractivity contribution in [1.82, 2.24) is 0 Å². The first kappa shape index (κ1) is 62.0. The Hall–Kier alpha value is -13.2. The molecule has 2 aliphatic rings. The van der Waals surface area contributed by atoms with Crippen molar-refractivity contribution in [2.75, 3.05) is 0 Å². The SMILES string of the molecule is C.O=C1C(c2ccc(C#Cc3ccccc3)cc2)=C(c2ccccc2)C(c2ccc(O)cc2)=C1c1ccc(C#Cc2ccccc2)cc1.O=C1C(c2ccc(C#Cc3ccccc3)cc2)=C(c2ccccc2)C(c2ccc(O)cc2)=C1c1ccc(C#Cc2ccccc2)cc1. The lowest BCUT2D eigenvalue weighted by Crippen LogP contribution is -2.02. The molecule has 0 bridgehead atoms. The molecule has 14 rings (SSSR count). The number of phenolic OH excluding ortho intramolecular Hbond substituents is 2. The lowest BCUT2D eigenvalue weighted by atomic mass is 9.89. The normalized spacial score (nSPS) is 12.2. The molecule has 4 heteroatoms. The van der Waals surface area contributed by atoms with Crippen LogP contribution in [0.3, 0.4) is 0 Å². The number of benzene rings is 12. The molecule has 2 aliphatic carbocycles. The van der Waals surface area contributed by atoms with E-state index in [0.717, 1.165) is 111 Å². The van der Waals surface area contributed by atoms with Gasteiger partial charge in [-0.15, -0.1) is 0 Å². The molecule has 0 heterocycles. The molecule has 0 unspecified atom stereocenters. The highest BCUT2D eigenvalue weighted by Gasteiger charge is 2.37. The summed E-state index contributed by atoms with van der Waals surface area (Å²) in [6, 6.07) is 105. The number of carbonyl (C=O) groups is 2. The fourth-order valence-corrected chi connectivity index (χ4v) is 11.5. The fourth-order valence-electron chi connectivity index (χ4n) is 11.5. The summed E-state index contributed by atoms with van der Waals surface area (Å²) in [4.78, 5) is 29.4. The number of ketones is 2. The molecule has 0 radical (unpaired) electrons. The van der Waals surface area contributed by atoms with Gasteiger partial charge in [-0.3, -0.25) is 9.59 Å². The van der Waals surface area contributed by atoms with Gasteiger partial charge in [0.15, 0.2) is 11.6 Å². The summed E-state index contributed by atoms with van der Waals surface area (Å²) < 4.78 is 0. The number of Topliss-reactive ketones (excluding diaryl/α,β-unsaturated/α-hetero) is 2. The van der Waals surface area contributed by atoms with E-state index in [1.807, 2.05) is 303 Å². The van der Waals surface area contributed by atoms with Gasteiger partial charge in [-0.1, -0.05) is 261 Å². The first-order valence-corrected chi connectivity index (χ1v) is 30.7. The number of hydrogen-bond donors (Lipinski definition) is 2. The van der Waals surface area contributed by atoms with Gasteiger partial charge in [0.05, 0.1) is 0 Å². The Labute approximate surface area is 555 Å².